The Hall–Kier alpha value is -2.23. The van der Waals surface area contributed by atoms with Gasteiger partial charge in [0, 0.05) is 22.7 Å². The number of hydrogen-bond acceptors (Lipinski definition) is 5. The summed E-state index contributed by atoms with van der Waals surface area (Å²) in [6.45, 7) is 4.01. The molecule has 0 aliphatic heterocycles. The van der Waals surface area contributed by atoms with Crippen molar-refractivity contribution in [2.75, 3.05) is 11.9 Å². The molecule has 1 heterocycles. The van der Waals surface area contributed by atoms with Gasteiger partial charge in [-0.05, 0) is 37.6 Å². The Morgan fingerprint density at radius 1 is 1.45 bits per heavy atom. The van der Waals surface area contributed by atoms with E-state index in [0.717, 1.165) is 22.7 Å². The van der Waals surface area contributed by atoms with Crippen molar-refractivity contribution < 1.29 is 4.79 Å². The summed E-state index contributed by atoms with van der Waals surface area (Å²) in [6, 6.07) is 5.35. The zero-order chi connectivity index (χ0) is 14.5. The molecule has 2 aromatic rings. The number of nitrogens with zero attached hydrogens (tertiary/aromatic N) is 2. The van der Waals surface area contributed by atoms with E-state index < -0.39 is 0 Å². The third-order valence-electron chi connectivity index (χ3n) is 2.56. The molecule has 0 unspecified atom stereocenters. The molecule has 1 amide bonds. The van der Waals surface area contributed by atoms with E-state index in [-0.39, 0.29) is 5.91 Å². The number of anilines is 1. The van der Waals surface area contributed by atoms with Crippen LogP contribution < -0.4 is 11.1 Å². The van der Waals surface area contributed by atoms with Gasteiger partial charge in [0.1, 0.15) is 5.82 Å². The van der Waals surface area contributed by atoms with Crippen molar-refractivity contribution in [3.63, 3.8) is 0 Å². The van der Waals surface area contributed by atoms with Crippen LogP contribution in [0.4, 0.5) is 5.13 Å². The van der Waals surface area contributed by atoms with Gasteiger partial charge in [0.2, 0.25) is 5.13 Å². The molecule has 0 radical (unpaired) electrons. The van der Waals surface area contributed by atoms with Gasteiger partial charge in [0.15, 0.2) is 0 Å². The number of rotatable bonds is 2. The smallest absolute Gasteiger partial charge is 0.257 e. The second kappa shape index (κ2) is 6.28. The highest BCUT2D eigenvalue weighted by molar-refractivity contribution is 7.09. The Balaban J connectivity index is 2.16. The second-order valence-corrected chi connectivity index (χ2v) is 4.89. The van der Waals surface area contributed by atoms with Crippen LogP contribution in [0.2, 0.25) is 0 Å². The summed E-state index contributed by atoms with van der Waals surface area (Å²) in [7, 11) is 0. The molecule has 0 saturated carbocycles. The molecular weight excluding hydrogens is 272 g/mol. The molecule has 102 valence electrons. The van der Waals surface area contributed by atoms with Crippen LogP contribution in [-0.2, 0) is 0 Å². The van der Waals surface area contributed by atoms with E-state index in [2.05, 4.69) is 26.5 Å². The maximum absolute atomic E-state index is 12.1. The Kier molecular flexibility index (Phi) is 4.45. The molecule has 0 spiro atoms. The summed E-state index contributed by atoms with van der Waals surface area (Å²) in [5.41, 5.74) is 7.72. The average molecular weight is 286 g/mol. The van der Waals surface area contributed by atoms with Crippen molar-refractivity contribution in [1.82, 2.24) is 9.36 Å². The zero-order valence-corrected chi connectivity index (χ0v) is 12.0. The minimum Gasteiger partial charge on any atom is -0.320 e. The monoisotopic (exact) mass is 286 g/mol. The van der Waals surface area contributed by atoms with Gasteiger partial charge in [-0.1, -0.05) is 11.8 Å². The molecule has 0 bridgehead atoms. The lowest BCUT2D eigenvalue weighted by molar-refractivity contribution is 0.102. The first kappa shape index (κ1) is 14.2. The zero-order valence-electron chi connectivity index (χ0n) is 11.2. The van der Waals surface area contributed by atoms with Crippen molar-refractivity contribution in [2.24, 2.45) is 5.73 Å². The maximum atomic E-state index is 12.1. The second-order valence-electron chi connectivity index (χ2n) is 4.14. The molecule has 2 rings (SSSR count). The van der Waals surface area contributed by atoms with Crippen molar-refractivity contribution in [2.45, 2.75) is 13.8 Å². The quantitative estimate of drug-likeness (QED) is 0.824. The van der Waals surface area contributed by atoms with Gasteiger partial charge in [-0.25, -0.2) is 4.98 Å². The molecule has 6 heteroatoms. The molecule has 1 aromatic heterocycles. The van der Waals surface area contributed by atoms with E-state index in [1.165, 1.54) is 0 Å². The average Bonchev–Trinajstić information content (AvgIpc) is 2.82. The van der Waals surface area contributed by atoms with Gasteiger partial charge in [-0.2, -0.15) is 4.37 Å². The Morgan fingerprint density at radius 3 is 2.85 bits per heavy atom. The number of benzene rings is 1. The van der Waals surface area contributed by atoms with Crippen LogP contribution >= 0.6 is 11.5 Å². The minimum atomic E-state index is -0.206. The summed E-state index contributed by atoms with van der Waals surface area (Å²) in [6.07, 6.45) is 0. The Bertz CT molecular complexity index is 697. The highest BCUT2D eigenvalue weighted by Crippen LogP contribution is 2.14. The first-order valence-corrected chi connectivity index (χ1v) is 6.78. The van der Waals surface area contributed by atoms with Gasteiger partial charge < -0.3 is 5.73 Å². The number of carbonyl (C=O) groups is 1. The number of nitrogens with two attached hydrogens (primary N) is 1. The van der Waals surface area contributed by atoms with E-state index in [4.69, 9.17) is 5.73 Å². The van der Waals surface area contributed by atoms with Crippen LogP contribution in [0.25, 0.3) is 0 Å². The van der Waals surface area contributed by atoms with Crippen LogP contribution in [0, 0.1) is 25.7 Å². The van der Waals surface area contributed by atoms with Crippen LogP contribution in [0.15, 0.2) is 18.2 Å². The fraction of sp³-hybridized carbons (Fsp3) is 0.214. The summed E-state index contributed by atoms with van der Waals surface area (Å²) in [4.78, 5) is 16.2. The predicted molar refractivity (Wildman–Crippen MR) is 79.7 cm³/mol. The van der Waals surface area contributed by atoms with Gasteiger partial charge in [-0.3, -0.25) is 10.1 Å². The number of nitrogens with one attached hydrogen (secondary N) is 1. The van der Waals surface area contributed by atoms with Crippen LogP contribution in [0.5, 0.6) is 0 Å². The van der Waals surface area contributed by atoms with E-state index in [1.54, 1.807) is 19.1 Å². The summed E-state index contributed by atoms with van der Waals surface area (Å²) < 4.78 is 4.01. The topological polar surface area (TPSA) is 80.9 Å². The molecule has 20 heavy (non-hydrogen) atoms. The predicted octanol–water partition coefficient (Wildman–Crippen LogP) is 1.72. The van der Waals surface area contributed by atoms with E-state index in [9.17, 15) is 4.79 Å². The first-order chi connectivity index (χ1) is 9.60. The fourth-order valence-corrected chi connectivity index (χ4v) is 2.18. The molecule has 5 nitrogen and oxygen atoms in total. The first-order valence-electron chi connectivity index (χ1n) is 6.01. The standard InChI is InChI=1S/C14H14N4OS/c1-9-8-12(6-5-11(9)4-3-7-15)13(19)17-14-16-10(2)18-20-14/h5-6,8H,7,15H2,1-2H3,(H,16,17,18,19). The lowest BCUT2D eigenvalue weighted by atomic mass is 10.1. The lowest BCUT2D eigenvalue weighted by Crippen LogP contribution is -2.12. The number of carbonyl (C=O) groups excluding carboxylic acids is 1. The molecule has 0 atom stereocenters. The van der Waals surface area contributed by atoms with Crippen molar-refractivity contribution >= 4 is 22.6 Å². The highest BCUT2D eigenvalue weighted by atomic mass is 32.1. The van der Waals surface area contributed by atoms with Gasteiger partial charge in [0.25, 0.3) is 5.91 Å². The SMILES string of the molecule is Cc1nsc(NC(=O)c2ccc(C#CCN)c(C)c2)n1. The maximum Gasteiger partial charge on any atom is 0.257 e. The largest absolute Gasteiger partial charge is 0.320 e. The molecule has 0 aliphatic carbocycles. The molecule has 0 aliphatic rings. The number of aryl methyl sites for hydroxylation is 2. The van der Waals surface area contributed by atoms with Crippen molar-refractivity contribution in [1.29, 1.82) is 0 Å². The number of aromatic nitrogens is 2. The molecular formula is C14H14N4OS. The van der Waals surface area contributed by atoms with Gasteiger partial charge in [0.05, 0.1) is 6.54 Å². The van der Waals surface area contributed by atoms with Crippen LogP contribution in [0.1, 0.15) is 27.3 Å². The summed E-state index contributed by atoms with van der Waals surface area (Å²) in [5.74, 6) is 6.20. The fourth-order valence-electron chi connectivity index (χ4n) is 1.61. The number of amides is 1. The normalized spacial score (nSPS) is 9.75. The van der Waals surface area contributed by atoms with Crippen LogP contribution in [0.3, 0.4) is 0 Å². The summed E-state index contributed by atoms with van der Waals surface area (Å²) >= 11 is 1.16. The molecule has 0 fully saturated rings. The number of hydrogen-bond donors (Lipinski definition) is 2. The van der Waals surface area contributed by atoms with Crippen molar-refractivity contribution in [3.8, 4) is 11.8 Å². The Labute approximate surface area is 121 Å². The van der Waals surface area contributed by atoms with Crippen LogP contribution in [-0.4, -0.2) is 21.8 Å². The summed E-state index contributed by atoms with van der Waals surface area (Å²) in [5, 5.41) is 3.22. The third kappa shape index (κ3) is 3.41. The molecule has 3 N–H and O–H groups in total. The highest BCUT2D eigenvalue weighted by Gasteiger charge is 2.10. The lowest BCUT2D eigenvalue weighted by Gasteiger charge is -2.04. The van der Waals surface area contributed by atoms with E-state index in [1.807, 2.05) is 13.0 Å². The Morgan fingerprint density at radius 2 is 2.25 bits per heavy atom. The van der Waals surface area contributed by atoms with Gasteiger partial charge in [-0.15, -0.1) is 0 Å². The molecule has 1 aromatic carbocycles. The minimum absolute atomic E-state index is 0.206. The molecule has 0 saturated heterocycles. The van der Waals surface area contributed by atoms with E-state index in [0.29, 0.717) is 23.1 Å². The third-order valence-corrected chi connectivity index (χ3v) is 3.28. The van der Waals surface area contributed by atoms with Crippen molar-refractivity contribution in [3.05, 3.63) is 40.7 Å². The van der Waals surface area contributed by atoms with Gasteiger partial charge >= 0.3 is 0 Å². The van der Waals surface area contributed by atoms with E-state index >= 15 is 0 Å².